The molecule has 0 bridgehead atoms. The number of methoxy groups -OCH3 is 1. The van der Waals surface area contributed by atoms with Crippen molar-refractivity contribution in [2.24, 2.45) is 0 Å². The number of nitrogens with one attached hydrogen (secondary N) is 1. The van der Waals surface area contributed by atoms with Crippen LogP contribution in [0.1, 0.15) is 21.7 Å². The minimum absolute atomic E-state index is 0.0666. The highest BCUT2D eigenvalue weighted by Crippen LogP contribution is 2.29. The van der Waals surface area contributed by atoms with E-state index in [-0.39, 0.29) is 12.3 Å². The number of esters is 1. The summed E-state index contributed by atoms with van der Waals surface area (Å²) in [6, 6.07) is 6.20. The maximum absolute atomic E-state index is 12.4. The Labute approximate surface area is 118 Å². The van der Waals surface area contributed by atoms with Gasteiger partial charge in [-0.15, -0.1) is 0 Å². The van der Waals surface area contributed by atoms with Crippen molar-refractivity contribution in [1.82, 2.24) is 0 Å². The Morgan fingerprint density at radius 3 is 2.48 bits per heavy atom. The number of furan rings is 1. The van der Waals surface area contributed by atoms with Gasteiger partial charge < -0.3 is 14.5 Å². The van der Waals surface area contributed by atoms with Crippen LogP contribution in [-0.4, -0.2) is 13.1 Å². The third-order valence-corrected chi connectivity index (χ3v) is 2.81. The number of alkyl halides is 3. The van der Waals surface area contributed by atoms with E-state index in [9.17, 15) is 18.0 Å². The maximum atomic E-state index is 12.4. The molecule has 1 aromatic carbocycles. The fourth-order valence-electron chi connectivity index (χ4n) is 1.72. The smallest absolute Gasteiger partial charge is 0.416 e. The SMILES string of the molecule is COC(=O)c1occc1CNc1ccc(C(F)(F)F)cc1. The highest BCUT2D eigenvalue weighted by molar-refractivity contribution is 5.87. The first kappa shape index (κ1) is 15.0. The van der Waals surface area contributed by atoms with Gasteiger partial charge in [0, 0.05) is 17.8 Å². The molecule has 0 radical (unpaired) electrons. The summed E-state index contributed by atoms with van der Waals surface area (Å²) in [5, 5.41) is 2.91. The van der Waals surface area contributed by atoms with Crippen molar-refractivity contribution in [2.75, 3.05) is 12.4 Å². The van der Waals surface area contributed by atoms with Crippen LogP contribution in [-0.2, 0) is 17.5 Å². The fraction of sp³-hybridized carbons (Fsp3) is 0.214. The van der Waals surface area contributed by atoms with E-state index < -0.39 is 17.7 Å². The molecule has 0 aliphatic heterocycles. The zero-order valence-corrected chi connectivity index (χ0v) is 11.0. The molecule has 0 aliphatic rings. The lowest BCUT2D eigenvalue weighted by Gasteiger charge is -2.09. The van der Waals surface area contributed by atoms with Gasteiger partial charge in [-0.2, -0.15) is 13.2 Å². The number of carbonyl (C=O) groups excluding carboxylic acids is 1. The number of hydrogen-bond acceptors (Lipinski definition) is 4. The molecule has 7 heteroatoms. The van der Waals surface area contributed by atoms with Crippen molar-refractivity contribution in [3.63, 3.8) is 0 Å². The van der Waals surface area contributed by atoms with Crippen LogP contribution in [0, 0.1) is 0 Å². The summed E-state index contributed by atoms with van der Waals surface area (Å²) in [5.74, 6) is -0.541. The molecule has 4 nitrogen and oxygen atoms in total. The monoisotopic (exact) mass is 299 g/mol. The lowest BCUT2D eigenvalue weighted by molar-refractivity contribution is -0.137. The third kappa shape index (κ3) is 3.56. The van der Waals surface area contributed by atoms with E-state index in [1.54, 1.807) is 6.07 Å². The van der Waals surface area contributed by atoms with E-state index >= 15 is 0 Å². The predicted molar refractivity (Wildman–Crippen MR) is 68.8 cm³/mol. The van der Waals surface area contributed by atoms with Crippen LogP contribution >= 0.6 is 0 Å². The molecule has 1 aromatic heterocycles. The molecule has 0 aliphatic carbocycles. The van der Waals surface area contributed by atoms with Gasteiger partial charge in [-0.1, -0.05) is 0 Å². The largest absolute Gasteiger partial charge is 0.463 e. The molecule has 0 fully saturated rings. The average Bonchev–Trinajstić information content (AvgIpc) is 2.92. The van der Waals surface area contributed by atoms with Crippen molar-refractivity contribution >= 4 is 11.7 Å². The van der Waals surface area contributed by atoms with Gasteiger partial charge in [-0.25, -0.2) is 4.79 Å². The van der Waals surface area contributed by atoms with Crippen molar-refractivity contribution in [2.45, 2.75) is 12.7 Å². The molecule has 21 heavy (non-hydrogen) atoms. The number of ether oxygens (including phenoxy) is 1. The van der Waals surface area contributed by atoms with Gasteiger partial charge in [0.05, 0.1) is 18.9 Å². The van der Waals surface area contributed by atoms with Crippen LogP contribution in [0.2, 0.25) is 0 Å². The zero-order chi connectivity index (χ0) is 15.5. The maximum Gasteiger partial charge on any atom is 0.416 e. The lowest BCUT2D eigenvalue weighted by atomic mass is 10.2. The molecule has 2 aromatic rings. The topological polar surface area (TPSA) is 51.5 Å². The summed E-state index contributed by atoms with van der Waals surface area (Å²) in [7, 11) is 1.23. The summed E-state index contributed by atoms with van der Waals surface area (Å²) in [5.41, 5.74) is 0.341. The van der Waals surface area contributed by atoms with Gasteiger partial charge in [0.2, 0.25) is 5.76 Å². The summed E-state index contributed by atoms with van der Waals surface area (Å²) in [6.07, 6.45) is -3.02. The molecule has 0 spiro atoms. The van der Waals surface area contributed by atoms with E-state index in [1.807, 2.05) is 0 Å². The number of rotatable bonds is 4. The summed E-state index contributed by atoms with van der Waals surface area (Å²) in [4.78, 5) is 11.4. The van der Waals surface area contributed by atoms with Crippen LogP contribution in [0.15, 0.2) is 41.0 Å². The molecule has 0 amide bonds. The standard InChI is InChI=1S/C14H12F3NO3/c1-20-13(19)12-9(6-7-21-12)8-18-11-4-2-10(3-5-11)14(15,16)17/h2-7,18H,8H2,1H3. The molecule has 1 heterocycles. The van der Waals surface area contributed by atoms with E-state index in [2.05, 4.69) is 10.1 Å². The van der Waals surface area contributed by atoms with Crippen molar-refractivity contribution in [3.8, 4) is 0 Å². The Morgan fingerprint density at radius 1 is 1.24 bits per heavy atom. The van der Waals surface area contributed by atoms with Crippen LogP contribution in [0.3, 0.4) is 0 Å². The Kier molecular flexibility index (Phi) is 4.21. The van der Waals surface area contributed by atoms with Crippen molar-refractivity contribution in [1.29, 1.82) is 0 Å². The minimum Gasteiger partial charge on any atom is -0.463 e. The van der Waals surface area contributed by atoms with E-state index in [4.69, 9.17) is 4.42 Å². The highest BCUT2D eigenvalue weighted by Gasteiger charge is 2.29. The molecule has 0 unspecified atom stereocenters. The first-order chi connectivity index (χ1) is 9.91. The molecular weight excluding hydrogens is 287 g/mol. The van der Waals surface area contributed by atoms with Gasteiger partial charge in [0.25, 0.3) is 0 Å². The lowest BCUT2D eigenvalue weighted by Crippen LogP contribution is -2.07. The Bertz CT molecular complexity index is 617. The van der Waals surface area contributed by atoms with Crippen LogP contribution < -0.4 is 5.32 Å². The molecule has 2 rings (SSSR count). The number of anilines is 1. The Balaban J connectivity index is 2.04. The van der Waals surface area contributed by atoms with Gasteiger partial charge >= 0.3 is 12.1 Å². The number of benzene rings is 1. The Morgan fingerprint density at radius 2 is 1.90 bits per heavy atom. The van der Waals surface area contributed by atoms with Crippen LogP contribution in [0.25, 0.3) is 0 Å². The quantitative estimate of drug-likeness (QED) is 0.875. The second kappa shape index (κ2) is 5.90. The zero-order valence-electron chi connectivity index (χ0n) is 11.0. The van der Waals surface area contributed by atoms with Gasteiger partial charge in [0.1, 0.15) is 0 Å². The minimum atomic E-state index is -4.36. The third-order valence-electron chi connectivity index (χ3n) is 2.81. The first-order valence-corrected chi connectivity index (χ1v) is 5.97. The Hall–Kier alpha value is -2.44. The van der Waals surface area contributed by atoms with Gasteiger partial charge in [-0.05, 0) is 30.3 Å². The van der Waals surface area contributed by atoms with E-state index in [1.165, 1.54) is 25.5 Å². The summed E-state index contributed by atoms with van der Waals surface area (Å²) in [6.45, 7) is 0.228. The second-order valence-electron chi connectivity index (χ2n) is 4.20. The van der Waals surface area contributed by atoms with E-state index in [0.717, 1.165) is 12.1 Å². The van der Waals surface area contributed by atoms with Gasteiger partial charge in [-0.3, -0.25) is 0 Å². The summed E-state index contributed by atoms with van der Waals surface area (Å²) >= 11 is 0. The van der Waals surface area contributed by atoms with Crippen LogP contribution in [0.4, 0.5) is 18.9 Å². The molecular formula is C14H12F3NO3. The fourth-order valence-corrected chi connectivity index (χ4v) is 1.72. The van der Waals surface area contributed by atoms with E-state index in [0.29, 0.717) is 11.3 Å². The molecule has 1 N–H and O–H groups in total. The molecule has 0 saturated carbocycles. The normalized spacial score (nSPS) is 11.2. The highest BCUT2D eigenvalue weighted by atomic mass is 19.4. The first-order valence-electron chi connectivity index (χ1n) is 5.97. The second-order valence-corrected chi connectivity index (χ2v) is 4.20. The number of carbonyl (C=O) groups is 1. The average molecular weight is 299 g/mol. The molecule has 0 saturated heterocycles. The van der Waals surface area contributed by atoms with Crippen molar-refractivity contribution in [3.05, 3.63) is 53.5 Å². The molecule has 112 valence electrons. The van der Waals surface area contributed by atoms with Crippen molar-refractivity contribution < 1.29 is 27.1 Å². The predicted octanol–water partition coefficient (Wildman–Crippen LogP) is 3.70. The van der Waals surface area contributed by atoms with Gasteiger partial charge in [0.15, 0.2) is 0 Å². The number of hydrogen-bond donors (Lipinski definition) is 1. The molecule has 0 atom stereocenters. The van der Waals surface area contributed by atoms with Crippen LogP contribution in [0.5, 0.6) is 0 Å². The number of halogens is 3. The summed E-state index contributed by atoms with van der Waals surface area (Å²) < 4.78 is 46.8.